The summed E-state index contributed by atoms with van der Waals surface area (Å²) in [4.78, 5) is 15.0. The highest BCUT2D eigenvalue weighted by atomic mass is 16.1. The molecule has 1 saturated heterocycles. The molecule has 4 rings (SSSR count). The molecule has 0 spiro atoms. The van der Waals surface area contributed by atoms with E-state index in [1.165, 1.54) is 18.5 Å². The maximum Gasteiger partial charge on any atom is 0.145 e. The van der Waals surface area contributed by atoms with E-state index in [0.717, 1.165) is 43.1 Å². The van der Waals surface area contributed by atoms with Crippen molar-refractivity contribution in [2.45, 2.75) is 38.0 Å². The number of hydrogen-bond acceptors (Lipinski definition) is 4. The Kier molecular flexibility index (Phi) is 4.57. The van der Waals surface area contributed by atoms with Gasteiger partial charge in [-0.1, -0.05) is 19.1 Å². The van der Waals surface area contributed by atoms with Gasteiger partial charge >= 0.3 is 0 Å². The summed E-state index contributed by atoms with van der Waals surface area (Å²) in [6.45, 7) is 6.14. The van der Waals surface area contributed by atoms with Crippen molar-refractivity contribution in [1.82, 2.24) is 15.5 Å². The van der Waals surface area contributed by atoms with Crippen LogP contribution in [0.25, 0.3) is 0 Å². The third kappa shape index (κ3) is 3.76. The highest BCUT2D eigenvalue weighted by Crippen LogP contribution is 2.39. The Morgan fingerprint density at radius 3 is 2.64 bits per heavy atom. The van der Waals surface area contributed by atoms with Crippen LogP contribution in [0.3, 0.4) is 0 Å². The summed E-state index contributed by atoms with van der Waals surface area (Å²) >= 11 is 0. The van der Waals surface area contributed by atoms with Crippen molar-refractivity contribution in [1.29, 1.82) is 0 Å². The number of Topliss-reactive ketones (excluding diaryl/α,β-unsaturated/α-hetero) is 1. The number of aromatic amines is 1. The topological polar surface area (TPSA) is 61.0 Å². The van der Waals surface area contributed by atoms with Crippen molar-refractivity contribution >= 4 is 11.5 Å². The Morgan fingerprint density at radius 2 is 1.96 bits per heavy atom. The fourth-order valence-electron chi connectivity index (χ4n) is 3.48. The molecule has 2 N–H and O–H groups in total. The third-order valence-electron chi connectivity index (χ3n) is 5.37. The van der Waals surface area contributed by atoms with E-state index in [1.54, 1.807) is 0 Å². The van der Waals surface area contributed by atoms with Crippen molar-refractivity contribution < 1.29 is 4.79 Å². The lowest BCUT2D eigenvalue weighted by Crippen LogP contribution is -2.43. The largest absolute Gasteiger partial charge is 0.369 e. The number of carbonyl (C=O) groups is 1. The lowest BCUT2D eigenvalue weighted by Gasteiger charge is -2.29. The fourth-order valence-corrected chi connectivity index (χ4v) is 3.48. The molecule has 5 nitrogen and oxygen atoms in total. The van der Waals surface area contributed by atoms with Gasteiger partial charge in [0.2, 0.25) is 0 Å². The summed E-state index contributed by atoms with van der Waals surface area (Å²) in [5, 5.41) is 10.7. The molecule has 1 aliphatic heterocycles. The van der Waals surface area contributed by atoms with Crippen molar-refractivity contribution in [3.8, 4) is 0 Å². The molecule has 0 amide bonds. The quantitative estimate of drug-likeness (QED) is 0.850. The molecule has 1 aromatic heterocycles. The molecule has 5 heteroatoms. The number of aromatic nitrogens is 2. The number of nitrogens with zero attached hydrogens (tertiary/aromatic N) is 2. The van der Waals surface area contributed by atoms with Crippen LogP contribution in [0.15, 0.2) is 30.3 Å². The van der Waals surface area contributed by atoms with Crippen molar-refractivity contribution in [2.75, 3.05) is 31.1 Å². The molecule has 0 bridgehead atoms. The van der Waals surface area contributed by atoms with E-state index in [-0.39, 0.29) is 11.7 Å². The van der Waals surface area contributed by atoms with Gasteiger partial charge in [-0.2, -0.15) is 5.10 Å². The standard InChI is InChI=1S/C20H26N4O/c1-14(20(25)13-17-12-19(23-22-17)16-2-3-16)15-4-6-18(7-5-15)24-10-8-21-9-11-24/h4-7,12,14,16,21H,2-3,8-11,13H2,1H3,(H,22,23). The minimum Gasteiger partial charge on any atom is -0.369 e. The lowest BCUT2D eigenvalue weighted by atomic mass is 9.94. The molecule has 132 valence electrons. The maximum absolute atomic E-state index is 12.6. The zero-order chi connectivity index (χ0) is 17.2. The second-order valence-electron chi connectivity index (χ2n) is 7.29. The minimum absolute atomic E-state index is 0.0928. The number of H-pyrrole nitrogens is 1. The van der Waals surface area contributed by atoms with Gasteiger partial charge in [0, 0.05) is 55.8 Å². The molecule has 1 saturated carbocycles. The first kappa shape index (κ1) is 16.3. The first-order chi connectivity index (χ1) is 12.2. The highest BCUT2D eigenvalue weighted by Gasteiger charge is 2.26. The Labute approximate surface area is 148 Å². The Morgan fingerprint density at radius 1 is 1.24 bits per heavy atom. The molecule has 1 aliphatic carbocycles. The number of rotatable bonds is 6. The van der Waals surface area contributed by atoms with Crippen LogP contribution in [0.4, 0.5) is 5.69 Å². The molecule has 2 fully saturated rings. The second-order valence-corrected chi connectivity index (χ2v) is 7.29. The molecule has 2 heterocycles. The number of piperazine rings is 1. The van der Waals surface area contributed by atoms with E-state index in [9.17, 15) is 4.79 Å². The average Bonchev–Trinajstić information content (AvgIpc) is 3.41. The lowest BCUT2D eigenvalue weighted by molar-refractivity contribution is -0.119. The van der Waals surface area contributed by atoms with Crippen LogP contribution >= 0.6 is 0 Å². The maximum atomic E-state index is 12.6. The Hall–Kier alpha value is -2.14. The molecule has 2 aliphatic rings. The van der Waals surface area contributed by atoms with Crippen molar-refractivity contribution in [3.05, 3.63) is 47.3 Å². The van der Waals surface area contributed by atoms with Crippen LogP contribution in [-0.4, -0.2) is 42.2 Å². The summed E-state index contributed by atoms with van der Waals surface area (Å²) in [5.74, 6) is 0.765. The van der Waals surface area contributed by atoms with Gasteiger partial charge in [-0.25, -0.2) is 0 Å². The molecule has 1 atom stereocenters. The van der Waals surface area contributed by atoms with Gasteiger partial charge in [0.25, 0.3) is 0 Å². The van der Waals surface area contributed by atoms with Crippen molar-refractivity contribution in [3.63, 3.8) is 0 Å². The highest BCUT2D eigenvalue weighted by molar-refractivity contribution is 5.87. The average molecular weight is 338 g/mol. The van der Waals surface area contributed by atoms with Crippen molar-refractivity contribution in [2.24, 2.45) is 0 Å². The van der Waals surface area contributed by atoms with Crippen LogP contribution in [0.2, 0.25) is 0 Å². The summed E-state index contributed by atoms with van der Waals surface area (Å²) in [6, 6.07) is 10.6. The fraction of sp³-hybridized carbons (Fsp3) is 0.500. The first-order valence-corrected chi connectivity index (χ1v) is 9.33. The van der Waals surface area contributed by atoms with E-state index in [2.05, 4.69) is 50.7 Å². The Balaban J connectivity index is 1.38. The van der Waals surface area contributed by atoms with Crippen LogP contribution < -0.4 is 10.2 Å². The summed E-state index contributed by atoms with van der Waals surface area (Å²) in [7, 11) is 0. The van der Waals surface area contributed by atoms with Gasteiger partial charge in [-0.15, -0.1) is 0 Å². The zero-order valence-corrected chi connectivity index (χ0v) is 14.8. The third-order valence-corrected chi connectivity index (χ3v) is 5.37. The number of anilines is 1. The van der Waals surface area contributed by atoms with E-state index in [1.807, 2.05) is 6.92 Å². The monoisotopic (exact) mass is 338 g/mol. The van der Waals surface area contributed by atoms with E-state index in [0.29, 0.717) is 12.3 Å². The van der Waals surface area contributed by atoms with Gasteiger partial charge in [0.1, 0.15) is 5.78 Å². The van der Waals surface area contributed by atoms with Crippen LogP contribution in [0, 0.1) is 0 Å². The Bertz CT molecular complexity index is 726. The number of nitrogens with one attached hydrogen (secondary N) is 2. The first-order valence-electron chi connectivity index (χ1n) is 9.33. The van der Waals surface area contributed by atoms with Gasteiger partial charge in [-0.3, -0.25) is 9.89 Å². The SMILES string of the molecule is CC(C(=O)Cc1cc(C2CC2)n[nH]1)c1ccc(N2CCNCC2)cc1. The van der Waals surface area contributed by atoms with E-state index < -0.39 is 0 Å². The van der Waals surface area contributed by atoms with E-state index in [4.69, 9.17) is 0 Å². The van der Waals surface area contributed by atoms with Crippen LogP contribution in [-0.2, 0) is 11.2 Å². The van der Waals surface area contributed by atoms with Gasteiger partial charge in [0.15, 0.2) is 0 Å². The predicted octanol–water partition coefficient (Wildman–Crippen LogP) is 2.61. The molecule has 1 aromatic carbocycles. The number of carbonyl (C=O) groups excluding carboxylic acids is 1. The predicted molar refractivity (Wildman–Crippen MR) is 99.2 cm³/mol. The molecule has 0 radical (unpaired) electrons. The van der Waals surface area contributed by atoms with Gasteiger partial charge in [0.05, 0.1) is 5.69 Å². The minimum atomic E-state index is -0.0928. The number of hydrogen-bond donors (Lipinski definition) is 2. The molecule has 2 aromatic rings. The number of ketones is 1. The van der Waals surface area contributed by atoms with Gasteiger partial charge in [-0.05, 0) is 36.6 Å². The number of benzene rings is 1. The summed E-state index contributed by atoms with van der Waals surface area (Å²) < 4.78 is 0. The normalized spacial score (nSPS) is 19.0. The second kappa shape index (κ2) is 7.00. The molecule has 25 heavy (non-hydrogen) atoms. The summed E-state index contributed by atoms with van der Waals surface area (Å²) in [5.41, 5.74) is 4.39. The summed E-state index contributed by atoms with van der Waals surface area (Å²) in [6.07, 6.45) is 2.89. The van der Waals surface area contributed by atoms with E-state index >= 15 is 0 Å². The zero-order valence-electron chi connectivity index (χ0n) is 14.8. The molecular formula is C20H26N4O. The van der Waals surface area contributed by atoms with Gasteiger partial charge < -0.3 is 10.2 Å². The smallest absolute Gasteiger partial charge is 0.145 e. The van der Waals surface area contributed by atoms with Crippen LogP contribution in [0.5, 0.6) is 0 Å². The molecule has 1 unspecified atom stereocenters. The molecular weight excluding hydrogens is 312 g/mol. The van der Waals surface area contributed by atoms with Crippen LogP contribution in [0.1, 0.15) is 48.6 Å².